The third kappa shape index (κ3) is 4.45. The Balaban J connectivity index is 2.67. The van der Waals surface area contributed by atoms with Gasteiger partial charge in [0.2, 0.25) is 0 Å². The van der Waals surface area contributed by atoms with E-state index in [-0.39, 0.29) is 12.1 Å². The van der Waals surface area contributed by atoms with Gasteiger partial charge in [0.1, 0.15) is 6.04 Å². The minimum Gasteiger partial charge on any atom is -0.480 e. The number of hydrogen-bond donors (Lipinski definition) is 3. The molecule has 0 radical (unpaired) electrons. The molecule has 110 valence electrons. The zero-order valence-electron chi connectivity index (χ0n) is 10.5. The van der Waals surface area contributed by atoms with Gasteiger partial charge >= 0.3 is 18.2 Å². The molecule has 3 N–H and O–H groups in total. The lowest BCUT2D eigenvalue weighted by molar-refractivity contribution is -0.139. The van der Waals surface area contributed by atoms with Crippen molar-refractivity contribution in [2.75, 3.05) is 0 Å². The summed E-state index contributed by atoms with van der Waals surface area (Å²) in [6.07, 6.45) is -4.51. The zero-order chi connectivity index (χ0) is 15.3. The molecule has 0 aliphatic carbocycles. The van der Waals surface area contributed by atoms with E-state index in [0.29, 0.717) is 0 Å². The fraction of sp³-hybridized carbons (Fsp3) is 0.333. The van der Waals surface area contributed by atoms with Crippen LogP contribution in [0.4, 0.5) is 18.0 Å². The minimum absolute atomic E-state index is 0.0990. The van der Waals surface area contributed by atoms with E-state index >= 15 is 0 Å². The number of halogens is 3. The first-order valence-electron chi connectivity index (χ1n) is 5.64. The normalized spacial score (nSPS) is 12.6. The van der Waals surface area contributed by atoms with Gasteiger partial charge in [0.15, 0.2) is 0 Å². The molecule has 0 bridgehead atoms. The summed E-state index contributed by atoms with van der Waals surface area (Å²) in [5, 5.41) is 12.8. The lowest BCUT2D eigenvalue weighted by atomic mass is 10.1. The second-order valence-corrected chi connectivity index (χ2v) is 4.04. The average molecular weight is 290 g/mol. The van der Waals surface area contributed by atoms with Crippen LogP contribution in [0, 0.1) is 0 Å². The molecule has 20 heavy (non-hydrogen) atoms. The largest absolute Gasteiger partial charge is 0.480 e. The molecule has 1 rings (SSSR count). The molecule has 0 aliphatic heterocycles. The molecule has 0 unspecified atom stereocenters. The molecule has 2 amide bonds. The fourth-order valence-electron chi connectivity index (χ4n) is 1.44. The van der Waals surface area contributed by atoms with Crippen LogP contribution in [0.3, 0.4) is 0 Å². The minimum atomic E-state index is -4.51. The molecule has 1 aromatic carbocycles. The van der Waals surface area contributed by atoms with Crippen LogP contribution < -0.4 is 10.6 Å². The lowest BCUT2D eigenvalue weighted by Gasteiger charge is -2.14. The maximum atomic E-state index is 12.7. The molecule has 8 heteroatoms. The summed E-state index contributed by atoms with van der Waals surface area (Å²) in [4.78, 5) is 21.8. The summed E-state index contributed by atoms with van der Waals surface area (Å²) in [5.41, 5.74) is -0.940. The monoisotopic (exact) mass is 290 g/mol. The Morgan fingerprint density at radius 1 is 1.30 bits per heavy atom. The number of amides is 2. The Morgan fingerprint density at radius 3 is 2.45 bits per heavy atom. The van der Waals surface area contributed by atoms with Gasteiger partial charge in [0, 0.05) is 6.54 Å². The first kappa shape index (κ1) is 15.8. The number of carboxylic acids is 1. The number of carbonyl (C=O) groups excluding carboxylic acids is 1. The number of aliphatic carboxylic acids is 1. The van der Waals surface area contributed by atoms with Crippen LogP contribution in [0.25, 0.3) is 0 Å². The third-order valence-corrected chi connectivity index (χ3v) is 2.48. The second kappa shape index (κ2) is 6.27. The maximum absolute atomic E-state index is 12.7. The third-order valence-electron chi connectivity index (χ3n) is 2.48. The van der Waals surface area contributed by atoms with E-state index in [4.69, 9.17) is 5.11 Å². The highest BCUT2D eigenvalue weighted by atomic mass is 19.4. The molecular formula is C12H13F3N2O3. The molecule has 0 aromatic heterocycles. The smallest absolute Gasteiger partial charge is 0.416 e. The molecule has 0 saturated heterocycles. The molecular weight excluding hydrogens is 277 g/mol. The number of benzene rings is 1. The molecule has 0 heterocycles. The van der Waals surface area contributed by atoms with Crippen molar-refractivity contribution in [3.8, 4) is 0 Å². The van der Waals surface area contributed by atoms with Crippen LogP contribution >= 0.6 is 0 Å². The van der Waals surface area contributed by atoms with E-state index < -0.39 is 29.8 Å². The summed E-state index contributed by atoms with van der Waals surface area (Å²) >= 11 is 0. The number of nitrogens with one attached hydrogen (secondary N) is 2. The van der Waals surface area contributed by atoms with Gasteiger partial charge in [0.05, 0.1) is 5.56 Å². The van der Waals surface area contributed by atoms with Crippen molar-refractivity contribution >= 4 is 12.0 Å². The predicted molar refractivity (Wildman–Crippen MR) is 63.9 cm³/mol. The number of carboxylic acid groups (broad SMARTS) is 1. The highest BCUT2D eigenvalue weighted by Gasteiger charge is 2.32. The summed E-state index contributed by atoms with van der Waals surface area (Å²) < 4.78 is 38.0. The molecule has 5 nitrogen and oxygen atoms in total. The highest BCUT2D eigenvalue weighted by Crippen LogP contribution is 2.31. The van der Waals surface area contributed by atoms with Crippen LogP contribution in [0.5, 0.6) is 0 Å². The number of carbonyl (C=O) groups is 2. The van der Waals surface area contributed by atoms with E-state index in [1.54, 1.807) is 0 Å². The highest BCUT2D eigenvalue weighted by molar-refractivity contribution is 5.82. The summed E-state index contributed by atoms with van der Waals surface area (Å²) in [7, 11) is 0. The lowest BCUT2D eigenvalue weighted by Crippen LogP contribution is -2.44. The van der Waals surface area contributed by atoms with Gasteiger partial charge in [-0.2, -0.15) is 13.2 Å². The van der Waals surface area contributed by atoms with E-state index in [0.717, 1.165) is 6.07 Å². The second-order valence-electron chi connectivity index (χ2n) is 4.04. The zero-order valence-corrected chi connectivity index (χ0v) is 10.5. The number of hydrogen-bond acceptors (Lipinski definition) is 2. The molecule has 1 aromatic rings. The number of rotatable bonds is 4. The van der Waals surface area contributed by atoms with Crippen LogP contribution in [0.2, 0.25) is 0 Å². The van der Waals surface area contributed by atoms with Gasteiger partial charge in [-0.1, -0.05) is 18.2 Å². The van der Waals surface area contributed by atoms with Crippen molar-refractivity contribution < 1.29 is 27.9 Å². The first-order valence-corrected chi connectivity index (χ1v) is 5.64. The summed E-state index contributed by atoms with van der Waals surface area (Å²) in [6, 6.07) is 2.84. The van der Waals surface area contributed by atoms with Crippen molar-refractivity contribution in [2.24, 2.45) is 0 Å². The van der Waals surface area contributed by atoms with Crippen LogP contribution in [0.1, 0.15) is 18.1 Å². The van der Waals surface area contributed by atoms with E-state index in [1.807, 2.05) is 0 Å². The Bertz CT molecular complexity index is 503. The van der Waals surface area contributed by atoms with Gasteiger partial charge in [-0.25, -0.2) is 4.79 Å². The average Bonchev–Trinajstić information content (AvgIpc) is 2.35. The molecule has 1 atom stereocenters. The van der Waals surface area contributed by atoms with Crippen molar-refractivity contribution in [1.82, 2.24) is 10.6 Å². The van der Waals surface area contributed by atoms with Gasteiger partial charge in [-0.3, -0.25) is 4.79 Å². The van der Waals surface area contributed by atoms with Gasteiger partial charge < -0.3 is 15.7 Å². The van der Waals surface area contributed by atoms with Crippen LogP contribution in [-0.4, -0.2) is 23.1 Å². The first-order chi connectivity index (χ1) is 9.21. The van der Waals surface area contributed by atoms with Crippen molar-refractivity contribution in [2.45, 2.75) is 25.7 Å². The summed E-state index contributed by atoms with van der Waals surface area (Å²) in [5.74, 6) is -1.24. The fourth-order valence-corrected chi connectivity index (χ4v) is 1.44. The topological polar surface area (TPSA) is 78.4 Å². The van der Waals surface area contributed by atoms with E-state index in [2.05, 4.69) is 10.6 Å². The van der Waals surface area contributed by atoms with Crippen LogP contribution in [0.15, 0.2) is 24.3 Å². The Labute approximate surface area is 112 Å². The molecule has 0 spiro atoms. The predicted octanol–water partition coefficient (Wildman–Crippen LogP) is 1.98. The van der Waals surface area contributed by atoms with E-state index in [1.165, 1.54) is 25.1 Å². The Kier molecular flexibility index (Phi) is 4.95. The Morgan fingerprint density at radius 2 is 1.90 bits per heavy atom. The van der Waals surface area contributed by atoms with Crippen molar-refractivity contribution in [3.05, 3.63) is 35.4 Å². The standard InChI is InChI=1S/C12H13F3N2O3/c1-7(10(18)19)17-11(20)16-6-8-4-2-3-5-9(8)12(13,14)15/h2-5,7H,6H2,1H3,(H,18,19)(H2,16,17,20)/t7-/m1/s1. The van der Waals surface area contributed by atoms with Gasteiger partial charge in [-0.05, 0) is 18.6 Å². The van der Waals surface area contributed by atoms with Crippen molar-refractivity contribution in [3.63, 3.8) is 0 Å². The molecule has 0 fully saturated rings. The van der Waals surface area contributed by atoms with Gasteiger partial charge in [0.25, 0.3) is 0 Å². The quantitative estimate of drug-likeness (QED) is 0.793. The van der Waals surface area contributed by atoms with Crippen LogP contribution in [-0.2, 0) is 17.5 Å². The SMILES string of the molecule is C[C@@H](NC(=O)NCc1ccccc1C(F)(F)F)C(=O)O. The van der Waals surface area contributed by atoms with Gasteiger partial charge in [-0.15, -0.1) is 0 Å². The summed E-state index contributed by atoms with van der Waals surface area (Å²) in [6.45, 7) is 0.888. The number of urea groups is 1. The number of alkyl halides is 3. The molecule has 0 saturated carbocycles. The Hall–Kier alpha value is -2.25. The van der Waals surface area contributed by atoms with E-state index in [9.17, 15) is 22.8 Å². The van der Waals surface area contributed by atoms with Crippen molar-refractivity contribution in [1.29, 1.82) is 0 Å². The molecule has 0 aliphatic rings. The maximum Gasteiger partial charge on any atom is 0.416 e.